The highest BCUT2D eigenvalue weighted by atomic mass is 16.3. The lowest BCUT2D eigenvalue weighted by Gasteiger charge is -2.08. The van der Waals surface area contributed by atoms with Crippen molar-refractivity contribution in [1.29, 1.82) is 0 Å². The predicted molar refractivity (Wildman–Crippen MR) is 79.2 cm³/mol. The number of hydrogen-bond donors (Lipinski definition) is 1. The summed E-state index contributed by atoms with van der Waals surface area (Å²) >= 11 is 0. The molecule has 0 saturated carbocycles. The monoisotopic (exact) mass is 248 g/mol. The van der Waals surface area contributed by atoms with Crippen LogP contribution in [0.15, 0.2) is 18.2 Å². The van der Waals surface area contributed by atoms with E-state index in [4.69, 9.17) is 0 Å². The lowest BCUT2D eigenvalue weighted by molar-refractivity contribution is 0.465. The topological polar surface area (TPSA) is 20.2 Å². The van der Waals surface area contributed by atoms with Gasteiger partial charge in [-0.1, -0.05) is 64.0 Å². The minimum absolute atomic E-state index is 0.470. The molecule has 0 amide bonds. The largest absolute Gasteiger partial charge is 0.508 e. The quantitative estimate of drug-likeness (QED) is 0.581. The Kier molecular flexibility index (Phi) is 7.55. The van der Waals surface area contributed by atoms with Crippen LogP contribution in [0.4, 0.5) is 0 Å². The van der Waals surface area contributed by atoms with Gasteiger partial charge in [-0.15, -0.1) is 0 Å². The number of unbranched alkanes of at least 4 members (excludes halogenated alkanes) is 7. The third kappa shape index (κ3) is 5.57. The van der Waals surface area contributed by atoms with Crippen molar-refractivity contribution in [3.63, 3.8) is 0 Å². The van der Waals surface area contributed by atoms with Gasteiger partial charge in [-0.25, -0.2) is 0 Å². The fourth-order valence-electron chi connectivity index (χ4n) is 2.45. The molecule has 0 atom stereocenters. The Hall–Kier alpha value is -0.980. The molecule has 0 aliphatic rings. The van der Waals surface area contributed by atoms with Crippen LogP contribution in [0.2, 0.25) is 0 Å². The molecule has 0 unspecified atom stereocenters. The van der Waals surface area contributed by atoms with Crippen molar-refractivity contribution in [3.8, 4) is 5.75 Å². The summed E-state index contributed by atoms with van der Waals surface area (Å²) in [7, 11) is 0. The maximum absolute atomic E-state index is 9.79. The minimum atomic E-state index is 0.470. The third-order valence-corrected chi connectivity index (χ3v) is 3.67. The van der Waals surface area contributed by atoms with Crippen molar-refractivity contribution in [2.24, 2.45) is 0 Å². The third-order valence-electron chi connectivity index (χ3n) is 3.67. The van der Waals surface area contributed by atoms with Crippen molar-refractivity contribution in [1.82, 2.24) is 0 Å². The second kappa shape index (κ2) is 9.02. The molecule has 1 aromatic carbocycles. The molecule has 1 nitrogen and oxygen atoms in total. The lowest BCUT2D eigenvalue weighted by atomic mass is 10.00. The number of phenolic OH excluding ortho intramolecular Hbond substituents is 1. The molecular weight excluding hydrogens is 220 g/mol. The summed E-state index contributed by atoms with van der Waals surface area (Å²) in [6.45, 7) is 4.34. The van der Waals surface area contributed by atoms with Crippen molar-refractivity contribution >= 4 is 0 Å². The summed E-state index contributed by atoms with van der Waals surface area (Å²) < 4.78 is 0. The summed E-state index contributed by atoms with van der Waals surface area (Å²) in [5.41, 5.74) is 2.36. The molecule has 0 radical (unpaired) electrons. The van der Waals surface area contributed by atoms with E-state index in [0.717, 1.165) is 12.0 Å². The molecule has 0 aliphatic heterocycles. The van der Waals surface area contributed by atoms with Gasteiger partial charge in [-0.2, -0.15) is 0 Å². The second-order valence-electron chi connectivity index (χ2n) is 5.30. The first-order chi connectivity index (χ1) is 8.75. The molecule has 0 spiro atoms. The highest BCUT2D eigenvalue weighted by Crippen LogP contribution is 2.22. The molecule has 0 aliphatic carbocycles. The van der Waals surface area contributed by atoms with Gasteiger partial charge >= 0.3 is 0 Å². The van der Waals surface area contributed by atoms with E-state index in [1.807, 2.05) is 6.07 Å². The van der Waals surface area contributed by atoms with Crippen LogP contribution < -0.4 is 0 Å². The molecule has 0 bridgehead atoms. The van der Waals surface area contributed by atoms with Crippen molar-refractivity contribution in [2.75, 3.05) is 0 Å². The average Bonchev–Trinajstić information content (AvgIpc) is 2.35. The summed E-state index contributed by atoms with van der Waals surface area (Å²) in [5, 5.41) is 9.79. The first kappa shape index (κ1) is 15.1. The van der Waals surface area contributed by atoms with Crippen LogP contribution in [-0.4, -0.2) is 5.11 Å². The van der Waals surface area contributed by atoms with E-state index in [2.05, 4.69) is 19.9 Å². The van der Waals surface area contributed by atoms with Gasteiger partial charge in [0.25, 0.3) is 0 Å². The molecule has 1 N–H and O–H groups in total. The number of benzene rings is 1. The predicted octanol–water partition coefficient (Wildman–Crippen LogP) is 5.38. The SMILES string of the molecule is CCCCCCCCCCc1c(C)cccc1O. The van der Waals surface area contributed by atoms with E-state index >= 15 is 0 Å². The number of aryl methyl sites for hydroxylation is 1. The molecule has 0 saturated heterocycles. The van der Waals surface area contributed by atoms with Crippen LogP contribution in [0.5, 0.6) is 5.75 Å². The van der Waals surface area contributed by atoms with E-state index in [-0.39, 0.29) is 0 Å². The fraction of sp³-hybridized carbons (Fsp3) is 0.647. The molecule has 1 rings (SSSR count). The van der Waals surface area contributed by atoms with Gasteiger partial charge in [-0.05, 0) is 37.0 Å². The van der Waals surface area contributed by atoms with Crippen LogP contribution in [0.25, 0.3) is 0 Å². The highest BCUT2D eigenvalue weighted by molar-refractivity contribution is 5.38. The van der Waals surface area contributed by atoms with Crippen molar-refractivity contribution in [3.05, 3.63) is 29.3 Å². The normalized spacial score (nSPS) is 10.8. The highest BCUT2D eigenvalue weighted by Gasteiger charge is 2.03. The molecule has 18 heavy (non-hydrogen) atoms. The number of phenols is 1. The molecule has 1 aromatic rings. The summed E-state index contributed by atoms with van der Waals surface area (Å²) in [6, 6.07) is 5.80. The van der Waals surface area contributed by atoms with Crippen molar-refractivity contribution in [2.45, 2.75) is 71.6 Å². The first-order valence-corrected chi connectivity index (χ1v) is 7.53. The van der Waals surface area contributed by atoms with Crippen molar-refractivity contribution < 1.29 is 5.11 Å². The fourth-order valence-corrected chi connectivity index (χ4v) is 2.45. The summed E-state index contributed by atoms with van der Waals surface area (Å²) in [4.78, 5) is 0. The van der Waals surface area contributed by atoms with Gasteiger partial charge in [0.2, 0.25) is 0 Å². The van der Waals surface area contributed by atoms with Crippen LogP contribution in [0, 0.1) is 6.92 Å². The van der Waals surface area contributed by atoms with E-state index < -0.39 is 0 Å². The number of hydrogen-bond acceptors (Lipinski definition) is 1. The van der Waals surface area contributed by atoms with Gasteiger partial charge in [-0.3, -0.25) is 0 Å². The van der Waals surface area contributed by atoms with E-state index in [0.29, 0.717) is 5.75 Å². The zero-order chi connectivity index (χ0) is 13.2. The van der Waals surface area contributed by atoms with Crippen LogP contribution >= 0.6 is 0 Å². The summed E-state index contributed by atoms with van der Waals surface area (Å²) in [5.74, 6) is 0.470. The standard InChI is InChI=1S/C17H28O/c1-3-4-5-6-7-8-9-10-13-16-15(2)12-11-14-17(16)18/h11-12,14,18H,3-10,13H2,1-2H3. The van der Waals surface area contributed by atoms with Gasteiger partial charge < -0.3 is 5.11 Å². The molecule has 0 heterocycles. The van der Waals surface area contributed by atoms with E-state index in [9.17, 15) is 5.11 Å². The Morgan fingerprint density at radius 1 is 0.889 bits per heavy atom. The maximum Gasteiger partial charge on any atom is 0.119 e. The molecule has 102 valence electrons. The Labute approximate surface area is 112 Å². The zero-order valence-corrected chi connectivity index (χ0v) is 12.0. The Balaban J connectivity index is 2.11. The lowest BCUT2D eigenvalue weighted by Crippen LogP contribution is -1.91. The second-order valence-corrected chi connectivity index (χ2v) is 5.30. The smallest absolute Gasteiger partial charge is 0.119 e. The Bertz CT molecular complexity index is 310. The van der Waals surface area contributed by atoms with Gasteiger partial charge in [0.05, 0.1) is 0 Å². The molecule has 0 fully saturated rings. The van der Waals surface area contributed by atoms with Gasteiger partial charge in [0.1, 0.15) is 5.75 Å². The Morgan fingerprint density at radius 2 is 1.50 bits per heavy atom. The Morgan fingerprint density at radius 3 is 2.11 bits per heavy atom. The summed E-state index contributed by atoms with van der Waals surface area (Å²) in [6.07, 6.45) is 11.7. The molecular formula is C17H28O. The zero-order valence-electron chi connectivity index (χ0n) is 12.0. The van der Waals surface area contributed by atoms with E-state index in [1.165, 1.54) is 56.9 Å². The number of aromatic hydroxyl groups is 1. The molecule has 0 aromatic heterocycles. The number of rotatable bonds is 9. The first-order valence-electron chi connectivity index (χ1n) is 7.53. The van der Waals surface area contributed by atoms with E-state index in [1.54, 1.807) is 6.07 Å². The van der Waals surface area contributed by atoms with Crippen LogP contribution in [0.1, 0.15) is 69.4 Å². The minimum Gasteiger partial charge on any atom is -0.508 e. The molecule has 1 heteroatoms. The van der Waals surface area contributed by atoms with Gasteiger partial charge in [0.15, 0.2) is 0 Å². The van der Waals surface area contributed by atoms with Gasteiger partial charge in [0, 0.05) is 0 Å². The van der Waals surface area contributed by atoms with Crippen LogP contribution in [-0.2, 0) is 6.42 Å². The van der Waals surface area contributed by atoms with Crippen LogP contribution in [0.3, 0.4) is 0 Å². The maximum atomic E-state index is 9.79. The average molecular weight is 248 g/mol.